The van der Waals surface area contributed by atoms with Gasteiger partial charge in [-0.15, -0.1) is 0 Å². The zero-order chi connectivity index (χ0) is 30.8. The molecule has 2 bridgehead atoms. The van der Waals surface area contributed by atoms with Crippen LogP contribution in [0.3, 0.4) is 0 Å². The molecule has 10 rings (SSSR count). The molecular weight excluding hydrogens is 560 g/mol. The van der Waals surface area contributed by atoms with E-state index in [-0.39, 0.29) is 35.5 Å². The van der Waals surface area contributed by atoms with E-state index in [2.05, 4.69) is 91.9 Å². The summed E-state index contributed by atoms with van der Waals surface area (Å²) in [7, 11) is 1.53. The number of hydrogen-bond acceptors (Lipinski definition) is 4. The molecule has 4 aromatic carbocycles. The van der Waals surface area contributed by atoms with E-state index in [1.54, 1.807) is 0 Å². The van der Waals surface area contributed by atoms with Crippen molar-refractivity contribution in [3.05, 3.63) is 125 Å². The van der Waals surface area contributed by atoms with Crippen LogP contribution in [0.15, 0.2) is 97.1 Å². The Kier molecular flexibility index (Phi) is 5.37. The summed E-state index contributed by atoms with van der Waals surface area (Å²) in [6.45, 7) is 2.09. The molecule has 6 heteroatoms. The molecule has 6 nitrogen and oxygen atoms in total. The maximum absolute atomic E-state index is 14.1. The number of carbonyl (C=O) groups is 4. The van der Waals surface area contributed by atoms with Gasteiger partial charge in [-0.3, -0.25) is 29.0 Å². The lowest BCUT2D eigenvalue weighted by atomic mass is 9.51. The highest BCUT2D eigenvalue weighted by Crippen LogP contribution is 2.61. The van der Waals surface area contributed by atoms with Crippen molar-refractivity contribution in [2.75, 3.05) is 11.9 Å². The van der Waals surface area contributed by atoms with E-state index in [0.29, 0.717) is 18.5 Å². The Morgan fingerprint density at radius 2 is 0.978 bits per heavy atom. The Morgan fingerprint density at radius 3 is 1.47 bits per heavy atom. The first-order valence-electron chi connectivity index (χ1n) is 15.9. The first kappa shape index (κ1) is 26.6. The molecule has 6 unspecified atom stereocenters. The summed E-state index contributed by atoms with van der Waals surface area (Å²) in [4.78, 5) is 56.9. The Bertz CT molecular complexity index is 1870. The Labute approximate surface area is 261 Å². The third kappa shape index (κ3) is 3.19. The molecule has 4 aromatic rings. The first-order chi connectivity index (χ1) is 21.8. The topological polar surface area (TPSA) is 74.8 Å². The van der Waals surface area contributed by atoms with E-state index < -0.39 is 29.1 Å². The van der Waals surface area contributed by atoms with Crippen molar-refractivity contribution in [3.63, 3.8) is 0 Å². The van der Waals surface area contributed by atoms with Crippen LogP contribution in [0.25, 0.3) is 11.1 Å². The van der Waals surface area contributed by atoms with Gasteiger partial charge in [-0.25, -0.2) is 0 Å². The molecule has 45 heavy (non-hydrogen) atoms. The standard InChI is InChI=1S/C39H32N2O4/c1-21-11-13-22(14-12-21)39(29-9-5-3-7-25(29)26-8-4-6-10-30(26)39)23-15-17-24(18-16-23)41-37(44)33-27-19-20-28(34(33)38(41)45)32-31(27)35(42)40(2)36(32)43/h3-18,27-28,31-34H,19-20H2,1-2H3. The smallest absolute Gasteiger partial charge is 0.237 e. The minimum Gasteiger partial charge on any atom is -0.285 e. The predicted molar refractivity (Wildman–Crippen MR) is 169 cm³/mol. The van der Waals surface area contributed by atoms with Crippen molar-refractivity contribution in [3.8, 4) is 11.1 Å². The van der Waals surface area contributed by atoms with Crippen LogP contribution in [0.4, 0.5) is 5.69 Å². The van der Waals surface area contributed by atoms with E-state index in [1.165, 1.54) is 44.7 Å². The van der Waals surface area contributed by atoms with E-state index in [1.807, 2.05) is 12.1 Å². The molecule has 5 fully saturated rings. The second-order valence-corrected chi connectivity index (χ2v) is 13.5. The zero-order valence-electron chi connectivity index (χ0n) is 25.1. The number of nitrogens with zero attached hydrogens (tertiary/aromatic N) is 2. The quantitative estimate of drug-likeness (QED) is 0.251. The highest BCUT2D eigenvalue weighted by Gasteiger charge is 2.69. The van der Waals surface area contributed by atoms with Gasteiger partial charge >= 0.3 is 0 Å². The molecular formula is C39H32N2O4. The number of amides is 4. The molecule has 2 aliphatic heterocycles. The number of likely N-dealkylation sites (tertiary alicyclic amines) is 1. The van der Waals surface area contributed by atoms with Crippen LogP contribution in [-0.2, 0) is 24.6 Å². The maximum Gasteiger partial charge on any atom is 0.237 e. The number of rotatable bonds is 3. The molecule has 4 amide bonds. The number of anilines is 1. The van der Waals surface area contributed by atoms with Gasteiger partial charge < -0.3 is 0 Å². The molecule has 6 aliphatic rings. The molecule has 0 radical (unpaired) electrons. The number of carbonyl (C=O) groups excluding carboxylic acids is 4. The maximum atomic E-state index is 14.1. The van der Waals surface area contributed by atoms with Gasteiger partial charge in [-0.05, 0) is 77.1 Å². The van der Waals surface area contributed by atoms with Gasteiger partial charge in [0.2, 0.25) is 23.6 Å². The van der Waals surface area contributed by atoms with Gasteiger partial charge in [0.05, 0.1) is 34.8 Å². The van der Waals surface area contributed by atoms with Gasteiger partial charge in [-0.1, -0.05) is 90.5 Å². The molecule has 2 heterocycles. The van der Waals surface area contributed by atoms with Gasteiger partial charge in [0.1, 0.15) is 0 Å². The monoisotopic (exact) mass is 592 g/mol. The number of fused-ring (bicyclic) bond motifs is 4. The first-order valence-corrected chi connectivity index (χ1v) is 15.9. The van der Waals surface area contributed by atoms with Gasteiger partial charge in [0.15, 0.2) is 0 Å². The summed E-state index contributed by atoms with van der Waals surface area (Å²) < 4.78 is 0. The van der Waals surface area contributed by atoms with E-state index in [4.69, 9.17) is 0 Å². The molecule has 2 saturated heterocycles. The van der Waals surface area contributed by atoms with Crippen molar-refractivity contribution in [1.29, 1.82) is 0 Å². The number of hydrogen-bond donors (Lipinski definition) is 0. The van der Waals surface area contributed by atoms with Crippen molar-refractivity contribution in [2.24, 2.45) is 35.5 Å². The second kappa shape index (κ2) is 9.10. The van der Waals surface area contributed by atoms with E-state index >= 15 is 0 Å². The fourth-order valence-corrected chi connectivity index (χ4v) is 9.87. The molecule has 0 aromatic heterocycles. The Hall–Kier alpha value is -4.84. The molecule has 3 saturated carbocycles. The molecule has 0 spiro atoms. The minimum absolute atomic E-state index is 0.195. The third-order valence-electron chi connectivity index (χ3n) is 11.7. The summed E-state index contributed by atoms with van der Waals surface area (Å²) >= 11 is 0. The Balaban J connectivity index is 1.15. The zero-order valence-corrected chi connectivity index (χ0v) is 25.1. The van der Waals surface area contributed by atoms with Gasteiger partial charge in [-0.2, -0.15) is 0 Å². The van der Waals surface area contributed by atoms with Crippen molar-refractivity contribution < 1.29 is 19.2 Å². The van der Waals surface area contributed by atoms with E-state index in [9.17, 15) is 19.2 Å². The average molecular weight is 593 g/mol. The average Bonchev–Trinajstić information content (AvgIpc) is 3.62. The molecule has 0 N–H and O–H groups in total. The predicted octanol–water partition coefficient (Wildman–Crippen LogP) is 5.73. The lowest BCUT2D eigenvalue weighted by Gasteiger charge is -2.48. The van der Waals surface area contributed by atoms with Gasteiger partial charge in [0.25, 0.3) is 0 Å². The van der Waals surface area contributed by atoms with Crippen LogP contribution in [0.1, 0.15) is 40.7 Å². The van der Waals surface area contributed by atoms with Crippen LogP contribution in [0, 0.1) is 42.4 Å². The molecule has 6 atom stereocenters. The highest BCUT2D eigenvalue weighted by atomic mass is 16.2. The summed E-state index contributed by atoms with van der Waals surface area (Å²) in [5.41, 5.74) is 8.15. The number of aryl methyl sites for hydroxylation is 1. The summed E-state index contributed by atoms with van der Waals surface area (Å²) in [6, 6.07) is 33.7. The third-order valence-corrected chi connectivity index (χ3v) is 11.7. The lowest BCUT2D eigenvalue weighted by Crippen LogP contribution is -2.53. The fraction of sp³-hybridized carbons (Fsp3) is 0.282. The fourth-order valence-electron chi connectivity index (χ4n) is 9.87. The van der Waals surface area contributed by atoms with Crippen molar-refractivity contribution >= 4 is 29.3 Å². The second-order valence-electron chi connectivity index (χ2n) is 13.5. The van der Waals surface area contributed by atoms with Crippen molar-refractivity contribution in [1.82, 2.24) is 4.90 Å². The van der Waals surface area contributed by atoms with Crippen LogP contribution >= 0.6 is 0 Å². The van der Waals surface area contributed by atoms with Crippen LogP contribution in [-0.4, -0.2) is 35.6 Å². The lowest BCUT2D eigenvalue weighted by molar-refractivity contribution is -0.148. The SMILES string of the molecule is Cc1ccc(C2(c3ccc(N4C(=O)C5C6CCC(C7C(=O)N(C)C(=O)C67)C5C4=O)cc3)c3ccccc3-c3ccccc32)cc1. The molecule has 4 aliphatic carbocycles. The number of benzene rings is 4. The van der Waals surface area contributed by atoms with Crippen LogP contribution < -0.4 is 4.90 Å². The molecule has 222 valence electrons. The van der Waals surface area contributed by atoms with Crippen LogP contribution in [0.2, 0.25) is 0 Å². The minimum atomic E-state index is -0.574. The summed E-state index contributed by atoms with van der Waals surface area (Å²) in [5.74, 6) is -3.47. The van der Waals surface area contributed by atoms with Crippen LogP contribution in [0.5, 0.6) is 0 Å². The number of imide groups is 2. The van der Waals surface area contributed by atoms with Crippen molar-refractivity contribution in [2.45, 2.75) is 25.2 Å². The Morgan fingerprint density at radius 1 is 0.556 bits per heavy atom. The summed E-state index contributed by atoms with van der Waals surface area (Å²) in [5, 5.41) is 0. The van der Waals surface area contributed by atoms with Gasteiger partial charge in [0, 0.05) is 7.05 Å². The summed E-state index contributed by atoms with van der Waals surface area (Å²) in [6.07, 6.45) is 1.40. The highest BCUT2D eigenvalue weighted by molar-refractivity contribution is 6.23. The normalized spacial score (nSPS) is 28.8. The van der Waals surface area contributed by atoms with E-state index in [0.717, 1.165) is 11.1 Å². The largest absolute Gasteiger partial charge is 0.285 e.